The molecule has 1 aromatic rings. The van der Waals surface area contributed by atoms with Crippen LogP contribution in [0.4, 0.5) is 0 Å². The van der Waals surface area contributed by atoms with Crippen LogP contribution in [-0.2, 0) is 14.4 Å². The zero-order chi connectivity index (χ0) is 19.5. The molecule has 6 N–H and O–H groups in total. The lowest BCUT2D eigenvalue weighted by atomic mass is 10.1. The van der Waals surface area contributed by atoms with E-state index in [9.17, 15) is 19.5 Å². The van der Waals surface area contributed by atoms with Crippen LogP contribution in [0.25, 0.3) is 6.08 Å². The number of carbonyl (C=O) groups excluding carboxylic acids is 1. The minimum atomic E-state index is -1.21. The third-order valence-corrected chi connectivity index (χ3v) is 4.33. The lowest BCUT2D eigenvalue weighted by Gasteiger charge is -2.14. The van der Waals surface area contributed by atoms with Crippen molar-refractivity contribution >= 4 is 35.7 Å². The zero-order valence-corrected chi connectivity index (χ0v) is 14.8. The molecule has 1 aromatic carbocycles. The Morgan fingerprint density at radius 3 is 2.38 bits per heavy atom. The van der Waals surface area contributed by atoms with Crippen molar-refractivity contribution in [2.75, 3.05) is 11.5 Å². The van der Waals surface area contributed by atoms with E-state index < -0.39 is 29.9 Å². The molecule has 142 valence electrons. The van der Waals surface area contributed by atoms with Crippen molar-refractivity contribution < 1.29 is 29.7 Å². The molecule has 0 radical (unpaired) electrons. The summed E-state index contributed by atoms with van der Waals surface area (Å²) in [5, 5.41) is 29.4. The first-order valence-corrected chi connectivity index (χ1v) is 8.99. The summed E-state index contributed by atoms with van der Waals surface area (Å²) >= 11 is 1.33. The molecule has 0 aromatic heterocycles. The standard InChI is InChI=1S/C17H22N2O6S/c18-13(16(22)23)7-8-15(21)19-14(17(24)25)10-26-9-1-2-11-3-5-12(20)6-4-11/h1-6,13-14,20H,7-10,18H2,(H,19,21)(H,22,23)(H,24,25)/b2-1+/t13-,14-/m0/s1. The third-order valence-electron chi connectivity index (χ3n) is 3.33. The van der Waals surface area contributed by atoms with Gasteiger partial charge in [-0.2, -0.15) is 11.8 Å². The van der Waals surface area contributed by atoms with E-state index in [1.807, 2.05) is 12.2 Å². The van der Waals surface area contributed by atoms with E-state index in [0.717, 1.165) is 5.56 Å². The second-order valence-corrected chi connectivity index (χ2v) is 6.55. The number of benzene rings is 1. The molecule has 0 saturated heterocycles. The van der Waals surface area contributed by atoms with Gasteiger partial charge in [0.05, 0.1) is 0 Å². The zero-order valence-electron chi connectivity index (χ0n) is 14.0. The predicted molar refractivity (Wildman–Crippen MR) is 98.9 cm³/mol. The van der Waals surface area contributed by atoms with Crippen LogP contribution in [0.2, 0.25) is 0 Å². The first kappa shape index (κ1) is 21.5. The largest absolute Gasteiger partial charge is 0.508 e. The topological polar surface area (TPSA) is 150 Å². The van der Waals surface area contributed by atoms with E-state index in [4.69, 9.17) is 15.9 Å². The molecule has 0 fully saturated rings. The maximum atomic E-state index is 11.7. The highest BCUT2D eigenvalue weighted by Crippen LogP contribution is 2.12. The van der Waals surface area contributed by atoms with Crippen LogP contribution in [0, 0.1) is 0 Å². The van der Waals surface area contributed by atoms with E-state index in [1.165, 1.54) is 11.8 Å². The number of rotatable bonds is 11. The second-order valence-electron chi connectivity index (χ2n) is 5.47. The van der Waals surface area contributed by atoms with Crippen molar-refractivity contribution in [2.24, 2.45) is 5.73 Å². The molecular weight excluding hydrogens is 360 g/mol. The maximum Gasteiger partial charge on any atom is 0.327 e. The number of carboxylic acid groups (broad SMARTS) is 2. The lowest BCUT2D eigenvalue weighted by molar-refractivity contribution is -0.141. The first-order chi connectivity index (χ1) is 12.3. The fourth-order valence-corrected chi connectivity index (χ4v) is 2.70. The predicted octanol–water partition coefficient (Wildman–Crippen LogP) is 0.900. The summed E-state index contributed by atoms with van der Waals surface area (Å²) in [6.45, 7) is 0. The summed E-state index contributed by atoms with van der Waals surface area (Å²) in [5.41, 5.74) is 6.21. The molecule has 2 atom stereocenters. The highest BCUT2D eigenvalue weighted by Gasteiger charge is 2.20. The van der Waals surface area contributed by atoms with E-state index in [0.29, 0.717) is 5.75 Å². The molecule has 0 heterocycles. The number of hydrogen-bond donors (Lipinski definition) is 5. The fraction of sp³-hybridized carbons (Fsp3) is 0.353. The third kappa shape index (κ3) is 8.54. The normalized spacial score (nSPS) is 13.3. The Morgan fingerprint density at radius 2 is 1.81 bits per heavy atom. The molecule has 8 nitrogen and oxygen atoms in total. The van der Waals surface area contributed by atoms with Gasteiger partial charge >= 0.3 is 11.9 Å². The smallest absolute Gasteiger partial charge is 0.327 e. The lowest BCUT2D eigenvalue weighted by Crippen LogP contribution is -2.43. The Kier molecular flexibility index (Phi) is 9.24. The number of amides is 1. The van der Waals surface area contributed by atoms with Gasteiger partial charge in [0.25, 0.3) is 0 Å². The van der Waals surface area contributed by atoms with E-state index in [-0.39, 0.29) is 24.3 Å². The van der Waals surface area contributed by atoms with Crippen LogP contribution in [0.3, 0.4) is 0 Å². The Labute approximate surface area is 155 Å². The quantitative estimate of drug-likeness (QED) is 0.354. The fourth-order valence-electron chi connectivity index (χ4n) is 1.87. The molecule has 1 amide bonds. The van der Waals surface area contributed by atoms with Crippen molar-refractivity contribution in [3.05, 3.63) is 35.9 Å². The highest BCUT2D eigenvalue weighted by molar-refractivity contribution is 7.99. The minimum Gasteiger partial charge on any atom is -0.508 e. The van der Waals surface area contributed by atoms with Crippen molar-refractivity contribution in [2.45, 2.75) is 24.9 Å². The molecule has 0 unspecified atom stereocenters. The van der Waals surface area contributed by atoms with Crippen LogP contribution >= 0.6 is 11.8 Å². The Balaban J connectivity index is 2.36. The van der Waals surface area contributed by atoms with Crippen LogP contribution in [0.5, 0.6) is 5.75 Å². The van der Waals surface area contributed by atoms with Gasteiger partial charge in [0.1, 0.15) is 17.8 Å². The monoisotopic (exact) mass is 382 g/mol. The van der Waals surface area contributed by atoms with E-state index >= 15 is 0 Å². The molecule has 9 heteroatoms. The summed E-state index contributed by atoms with van der Waals surface area (Å²) in [5.74, 6) is -2.01. The van der Waals surface area contributed by atoms with Gasteiger partial charge in [0.2, 0.25) is 5.91 Å². The molecular formula is C17H22N2O6S. The number of carbonyl (C=O) groups is 3. The molecule has 26 heavy (non-hydrogen) atoms. The minimum absolute atomic E-state index is 0.0595. The van der Waals surface area contributed by atoms with Gasteiger partial charge in [0.15, 0.2) is 0 Å². The van der Waals surface area contributed by atoms with Gasteiger partial charge in [0, 0.05) is 17.9 Å². The Morgan fingerprint density at radius 1 is 1.15 bits per heavy atom. The Bertz CT molecular complexity index is 647. The second kappa shape index (κ2) is 11.2. The number of nitrogens with two attached hydrogens (primary N) is 1. The number of carboxylic acids is 2. The average Bonchev–Trinajstić information content (AvgIpc) is 2.59. The van der Waals surface area contributed by atoms with Crippen LogP contribution in [0.15, 0.2) is 30.3 Å². The number of hydrogen-bond acceptors (Lipinski definition) is 6. The van der Waals surface area contributed by atoms with Crippen molar-refractivity contribution in [3.8, 4) is 5.75 Å². The summed E-state index contributed by atoms with van der Waals surface area (Å²) in [4.78, 5) is 33.5. The molecule has 0 aliphatic heterocycles. The van der Waals surface area contributed by atoms with Gasteiger partial charge < -0.3 is 26.4 Å². The molecule has 0 spiro atoms. The Hall–Kier alpha value is -2.52. The average molecular weight is 382 g/mol. The molecule has 0 saturated carbocycles. The number of thioether (sulfide) groups is 1. The number of phenols is 1. The summed E-state index contributed by atoms with van der Waals surface area (Å²) < 4.78 is 0. The summed E-state index contributed by atoms with van der Waals surface area (Å²) in [7, 11) is 0. The van der Waals surface area contributed by atoms with Gasteiger partial charge in [-0.3, -0.25) is 9.59 Å². The number of nitrogens with one attached hydrogen (secondary N) is 1. The van der Waals surface area contributed by atoms with Crippen LogP contribution in [0.1, 0.15) is 18.4 Å². The summed E-state index contributed by atoms with van der Waals surface area (Å²) in [6, 6.07) is 4.43. The maximum absolute atomic E-state index is 11.7. The van der Waals surface area contributed by atoms with Crippen LogP contribution < -0.4 is 11.1 Å². The first-order valence-electron chi connectivity index (χ1n) is 7.83. The van der Waals surface area contributed by atoms with Gasteiger partial charge in [-0.05, 0) is 24.1 Å². The van der Waals surface area contributed by atoms with E-state index in [1.54, 1.807) is 24.3 Å². The molecule has 1 rings (SSSR count). The van der Waals surface area contributed by atoms with Crippen molar-refractivity contribution in [1.82, 2.24) is 5.32 Å². The number of phenolic OH excluding ortho intramolecular Hbond substituents is 1. The number of aromatic hydroxyl groups is 1. The highest BCUT2D eigenvalue weighted by atomic mass is 32.2. The molecule has 0 bridgehead atoms. The van der Waals surface area contributed by atoms with Crippen LogP contribution in [-0.4, -0.2) is 56.8 Å². The van der Waals surface area contributed by atoms with Gasteiger partial charge in [-0.15, -0.1) is 0 Å². The number of aliphatic carboxylic acids is 2. The van der Waals surface area contributed by atoms with Crippen molar-refractivity contribution in [1.29, 1.82) is 0 Å². The molecule has 0 aliphatic carbocycles. The van der Waals surface area contributed by atoms with Gasteiger partial charge in [-0.25, -0.2) is 4.79 Å². The SMILES string of the molecule is N[C@@H](CCC(=O)N[C@@H](CSC/C=C/c1ccc(O)cc1)C(=O)O)C(=O)O. The van der Waals surface area contributed by atoms with Gasteiger partial charge in [-0.1, -0.05) is 24.3 Å². The molecule has 0 aliphatic rings. The van der Waals surface area contributed by atoms with E-state index in [2.05, 4.69) is 5.32 Å². The summed E-state index contributed by atoms with van der Waals surface area (Å²) in [6.07, 6.45) is 3.48. The van der Waals surface area contributed by atoms with Crippen molar-refractivity contribution in [3.63, 3.8) is 0 Å².